The van der Waals surface area contributed by atoms with Gasteiger partial charge in [0.2, 0.25) is 0 Å². The Morgan fingerprint density at radius 3 is 2.42 bits per heavy atom. The monoisotopic (exact) mass is 327 g/mol. The number of nitriles is 2. The summed E-state index contributed by atoms with van der Waals surface area (Å²) in [5.74, 6) is 0.538. The van der Waals surface area contributed by atoms with Gasteiger partial charge in [-0.25, -0.2) is 0 Å². The van der Waals surface area contributed by atoms with Crippen molar-refractivity contribution in [1.29, 1.82) is 10.5 Å². The summed E-state index contributed by atoms with van der Waals surface area (Å²) >= 11 is 1.59. The van der Waals surface area contributed by atoms with E-state index in [1.54, 1.807) is 18.0 Å². The SMILES string of the molecule is N#CC(C#N)=C(CSc1cccc2cccnc12)c1ccccc1. The van der Waals surface area contributed by atoms with Crippen LogP contribution in [0.1, 0.15) is 5.56 Å². The van der Waals surface area contributed by atoms with Crippen LogP contribution in [0.5, 0.6) is 0 Å². The van der Waals surface area contributed by atoms with Crippen molar-refractivity contribution in [2.75, 3.05) is 5.75 Å². The van der Waals surface area contributed by atoms with Crippen molar-refractivity contribution >= 4 is 28.2 Å². The average molecular weight is 327 g/mol. The van der Waals surface area contributed by atoms with Crippen molar-refractivity contribution in [2.45, 2.75) is 4.90 Å². The largest absolute Gasteiger partial charge is 0.255 e. The number of rotatable bonds is 4. The van der Waals surface area contributed by atoms with Gasteiger partial charge in [-0.1, -0.05) is 48.5 Å². The number of allylic oxidation sites excluding steroid dienone is 1. The first-order valence-electron chi connectivity index (χ1n) is 7.39. The van der Waals surface area contributed by atoms with Gasteiger partial charge in [-0.2, -0.15) is 10.5 Å². The lowest BCUT2D eigenvalue weighted by Crippen LogP contribution is -1.93. The third-order valence-corrected chi connectivity index (χ3v) is 4.69. The molecular weight excluding hydrogens is 314 g/mol. The summed E-state index contributed by atoms with van der Waals surface area (Å²) in [6, 6.07) is 23.6. The Morgan fingerprint density at radius 2 is 1.67 bits per heavy atom. The van der Waals surface area contributed by atoms with Gasteiger partial charge < -0.3 is 0 Å². The lowest BCUT2D eigenvalue weighted by atomic mass is 10.0. The molecule has 0 N–H and O–H groups in total. The number of aromatic nitrogens is 1. The van der Waals surface area contributed by atoms with Gasteiger partial charge in [0.05, 0.1) is 5.52 Å². The fourth-order valence-corrected chi connectivity index (χ4v) is 3.53. The third kappa shape index (κ3) is 3.30. The Morgan fingerprint density at radius 1 is 0.917 bits per heavy atom. The molecule has 1 heterocycles. The molecule has 0 bridgehead atoms. The second-order valence-corrected chi connectivity index (χ2v) is 6.08. The Kier molecular flexibility index (Phi) is 4.91. The Bertz CT molecular complexity index is 958. The second-order valence-electron chi connectivity index (χ2n) is 5.06. The van der Waals surface area contributed by atoms with E-state index in [2.05, 4.69) is 4.98 Å². The van der Waals surface area contributed by atoms with Gasteiger partial charge in [-0.15, -0.1) is 11.8 Å². The minimum Gasteiger partial charge on any atom is -0.255 e. The number of benzene rings is 2. The number of fused-ring (bicyclic) bond motifs is 1. The number of hydrogen-bond acceptors (Lipinski definition) is 4. The third-order valence-electron chi connectivity index (χ3n) is 3.62. The van der Waals surface area contributed by atoms with Gasteiger partial charge in [0.25, 0.3) is 0 Å². The summed E-state index contributed by atoms with van der Waals surface area (Å²) < 4.78 is 0. The van der Waals surface area contributed by atoms with Gasteiger partial charge in [0, 0.05) is 22.2 Å². The maximum atomic E-state index is 9.27. The fraction of sp³-hybridized carbons (Fsp3) is 0.0500. The average Bonchev–Trinajstić information content (AvgIpc) is 2.66. The van der Waals surface area contributed by atoms with Crippen molar-refractivity contribution in [1.82, 2.24) is 4.98 Å². The molecule has 0 atom stereocenters. The van der Waals surface area contributed by atoms with E-state index in [1.165, 1.54) is 0 Å². The van der Waals surface area contributed by atoms with E-state index >= 15 is 0 Å². The number of nitrogens with zero attached hydrogens (tertiary/aromatic N) is 3. The Balaban J connectivity index is 1.97. The van der Waals surface area contributed by atoms with Crippen molar-refractivity contribution < 1.29 is 0 Å². The van der Waals surface area contributed by atoms with Crippen LogP contribution in [0.3, 0.4) is 0 Å². The summed E-state index contributed by atoms with van der Waals surface area (Å²) in [7, 11) is 0. The predicted molar refractivity (Wildman–Crippen MR) is 97.1 cm³/mol. The van der Waals surface area contributed by atoms with Gasteiger partial charge in [0.1, 0.15) is 17.7 Å². The normalized spacial score (nSPS) is 9.92. The first-order chi connectivity index (χ1) is 11.8. The molecule has 24 heavy (non-hydrogen) atoms. The first-order valence-corrected chi connectivity index (χ1v) is 8.37. The van der Waals surface area contributed by atoms with Crippen LogP contribution < -0.4 is 0 Å². The maximum Gasteiger partial charge on any atom is 0.134 e. The van der Waals surface area contributed by atoms with E-state index < -0.39 is 0 Å². The zero-order chi connectivity index (χ0) is 16.8. The summed E-state index contributed by atoms with van der Waals surface area (Å²) in [6.07, 6.45) is 1.77. The number of para-hydroxylation sites is 1. The summed E-state index contributed by atoms with van der Waals surface area (Å²) in [5, 5.41) is 19.6. The van der Waals surface area contributed by atoms with E-state index in [0.717, 1.165) is 26.9 Å². The molecular formula is C20H13N3S. The molecule has 1 aromatic heterocycles. The van der Waals surface area contributed by atoms with E-state index in [-0.39, 0.29) is 5.57 Å². The van der Waals surface area contributed by atoms with Crippen molar-refractivity contribution in [2.24, 2.45) is 0 Å². The summed E-state index contributed by atoms with van der Waals surface area (Å²) in [6.45, 7) is 0. The fourth-order valence-electron chi connectivity index (χ4n) is 2.44. The molecule has 2 aromatic carbocycles. The smallest absolute Gasteiger partial charge is 0.134 e. The Hall–Kier alpha value is -3.08. The number of pyridine rings is 1. The van der Waals surface area contributed by atoms with Gasteiger partial charge in [-0.3, -0.25) is 4.98 Å². The molecule has 0 aliphatic carbocycles. The lowest BCUT2D eigenvalue weighted by molar-refractivity contribution is 1.35. The molecule has 3 rings (SSSR count). The van der Waals surface area contributed by atoms with Crippen LogP contribution in [-0.2, 0) is 0 Å². The molecule has 0 aliphatic heterocycles. The molecule has 0 radical (unpaired) electrons. The maximum absolute atomic E-state index is 9.27. The molecule has 0 saturated heterocycles. The van der Waals surface area contributed by atoms with Crippen molar-refractivity contribution in [3.63, 3.8) is 0 Å². The highest BCUT2D eigenvalue weighted by Gasteiger charge is 2.11. The highest BCUT2D eigenvalue weighted by molar-refractivity contribution is 8.00. The minimum atomic E-state index is 0.155. The predicted octanol–water partition coefficient (Wildman–Crippen LogP) is 4.83. The highest BCUT2D eigenvalue weighted by Crippen LogP contribution is 2.31. The molecule has 114 valence electrons. The number of hydrogen-bond donors (Lipinski definition) is 0. The van der Waals surface area contributed by atoms with Crippen molar-refractivity contribution in [3.05, 3.63) is 78.0 Å². The zero-order valence-corrected chi connectivity index (χ0v) is 13.6. The van der Waals surface area contributed by atoms with Crippen LogP contribution in [0.15, 0.2) is 77.3 Å². The lowest BCUT2D eigenvalue weighted by Gasteiger charge is -2.09. The topological polar surface area (TPSA) is 60.5 Å². The van der Waals surface area contributed by atoms with Crippen LogP contribution >= 0.6 is 11.8 Å². The Labute approximate surface area is 144 Å². The molecule has 0 fully saturated rings. The molecule has 0 aliphatic rings. The van der Waals surface area contributed by atoms with E-state index in [9.17, 15) is 10.5 Å². The molecule has 3 aromatic rings. The van der Waals surface area contributed by atoms with Crippen LogP contribution in [0.25, 0.3) is 16.5 Å². The molecule has 0 unspecified atom stereocenters. The minimum absolute atomic E-state index is 0.155. The van der Waals surface area contributed by atoms with E-state index in [0.29, 0.717) is 5.75 Å². The van der Waals surface area contributed by atoms with Crippen LogP contribution in [0.4, 0.5) is 0 Å². The van der Waals surface area contributed by atoms with Gasteiger partial charge in [-0.05, 0) is 23.3 Å². The molecule has 3 nitrogen and oxygen atoms in total. The quantitative estimate of drug-likeness (QED) is 0.509. The standard InChI is InChI=1S/C20H13N3S/c21-12-17(13-22)18(15-6-2-1-3-7-15)14-24-19-10-4-8-16-9-5-11-23-20(16)19/h1-11H,14H2. The second kappa shape index (κ2) is 7.46. The molecule has 0 saturated carbocycles. The zero-order valence-electron chi connectivity index (χ0n) is 12.8. The molecule has 0 spiro atoms. The van der Waals surface area contributed by atoms with Crippen LogP contribution in [0, 0.1) is 22.7 Å². The van der Waals surface area contributed by atoms with Gasteiger partial charge >= 0.3 is 0 Å². The molecule has 4 heteroatoms. The van der Waals surface area contributed by atoms with Gasteiger partial charge in [0.15, 0.2) is 0 Å². The summed E-state index contributed by atoms with van der Waals surface area (Å²) in [4.78, 5) is 5.49. The van der Waals surface area contributed by atoms with E-state index in [4.69, 9.17) is 0 Å². The highest BCUT2D eigenvalue weighted by atomic mass is 32.2. The van der Waals surface area contributed by atoms with Crippen LogP contribution in [0.2, 0.25) is 0 Å². The number of thioether (sulfide) groups is 1. The first kappa shape index (κ1) is 15.8. The molecule has 0 amide bonds. The van der Waals surface area contributed by atoms with E-state index in [1.807, 2.05) is 72.8 Å². The summed E-state index contributed by atoms with van der Waals surface area (Å²) in [5.41, 5.74) is 2.74. The van der Waals surface area contributed by atoms with Crippen LogP contribution in [-0.4, -0.2) is 10.7 Å². The van der Waals surface area contributed by atoms with Crippen molar-refractivity contribution in [3.8, 4) is 12.1 Å².